The van der Waals surface area contributed by atoms with Crippen molar-refractivity contribution >= 4 is 11.7 Å². The Hall–Kier alpha value is -1.58. The number of hydrogen-bond donors (Lipinski definition) is 2. The summed E-state index contributed by atoms with van der Waals surface area (Å²) >= 11 is 0. The number of hydrogen-bond acceptors (Lipinski definition) is 3. The molecule has 98 valence electrons. The van der Waals surface area contributed by atoms with Crippen LogP contribution in [0.25, 0.3) is 0 Å². The molecule has 1 amide bonds. The largest absolute Gasteiger partial charge is 0.370 e. The van der Waals surface area contributed by atoms with E-state index in [-0.39, 0.29) is 11.4 Å². The van der Waals surface area contributed by atoms with Crippen LogP contribution in [0.5, 0.6) is 0 Å². The van der Waals surface area contributed by atoms with Gasteiger partial charge >= 0.3 is 0 Å². The van der Waals surface area contributed by atoms with Crippen molar-refractivity contribution in [1.82, 2.24) is 10.3 Å². The van der Waals surface area contributed by atoms with Crippen LogP contribution in [-0.2, 0) is 0 Å². The topological polar surface area (TPSA) is 54.0 Å². The molecule has 2 N–H and O–H groups in total. The predicted molar refractivity (Wildman–Crippen MR) is 72.7 cm³/mol. The van der Waals surface area contributed by atoms with Crippen LogP contribution in [0.1, 0.15) is 44.0 Å². The van der Waals surface area contributed by atoms with Crippen molar-refractivity contribution in [2.75, 3.05) is 11.9 Å². The van der Waals surface area contributed by atoms with Gasteiger partial charge in [-0.1, -0.05) is 0 Å². The molecule has 4 heteroatoms. The molecule has 0 aliphatic heterocycles. The summed E-state index contributed by atoms with van der Waals surface area (Å²) in [4.78, 5) is 16.3. The summed E-state index contributed by atoms with van der Waals surface area (Å²) in [5, 5.41) is 6.22. The average Bonchev–Trinajstić information content (AvgIpc) is 3.13. The Morgan fingerprint density at radius 2 is 2.22 bits per heavy atom. The molecule has 1 fully saturated rings. The van der Waals surface area contributed by atoms with Crippen molar-refractivity contribution in [3.05, 3.63) is 23.9 Å². The first kappa shape index (κ1) is 12.9. The highest BCUT2D eigenvalue weighted by Crippen LogP contribution is 2.39. The van der Waals surface area contributed by atoms with E-state index in [2.05, 4.69) is 29.5 Å². The summed E-state index contributed by atoms with van der Waals surface area (Å²) in [7, 11) is 0. The number of rotatable bonds is 5. The highest BCUT2D eigenvalue weighted by atomic mass is 16.1. The van der Waals surface area contributed by atoms with Gasteiger partial charge in [-0.05, 0) is 51.7 Å². The molecule has 4 nitrogen and oxygen atoms in total. The molecule has 0 unspecified atom stereocenters. The molecule has 0 atom stereocenters. The zero-order chi connectivity index (χ0) is 13.2. The molecular weight excluding hydrogens is 226 g/mol. The van der Waals surface area contributed by atoms with Crippen LogP contribution in [-0.4, -0.2) is 23.0 Å². The second kappa shape index (κ2) is 4.96. The number of aromatic nitrogens is 1. The summed E-state index contributed by atoms with van der Waals surface area (Å²) in [6.45, 7) is 6.99. The number of carbonyl (C=O) groups is 1. The van der Waals surface area contributed by atoms with Crippen LogP contribution in [0.2, 0.25) is 0 Å². The van der Waals surface area contributed by atoms with Crippen LogP contribution in [0.15, 0.2) is 18.3 Å². The fraction of sp³-hybridized carbons (Fsp3) is 0.571. The fourth-order valence-corrected chi connectivity index (χ4v) is 2.12. The number of anilines is 1. The standard InChI is InChI=1S/C14H21N3O/c1-4-15-12-9-10(7-8-16-12)13(18)17-14(2,3)11-5-6-11/h7-9,11H,4-6H2,1-3H3,(H,15,16)(H,17,18). The maximum absolute atomic E-state index is 12.2. The van der Waals surface area contributed by atoms with E-state index in [1.807, 2.05) is 6.92 Å². The molecule has 0 saturated heterocycles. The van der Waals surface area contributed by atoms with Crippen molar-refractivity contribution in [2.24, 2.45) is 5.92 Å². The molecule has 1 heterocycles. The Morgan fingerprint density at radius 1 is 1.50 bits per heavy atom. The molecule has 0 aromatic carbocycles. The van der Waals surface area contributed by atoms with Gasteiger partial charge in [0, 0.05) is 23.8 Å². The van der Waals surface area contributed by atoms with Crippen LogP contribution in [0, 0.1) is 5.92 Å². The van der Waals surface area contributed by atoms with E-state index in [0.29, 0.717) is 11.5 Å². The van der Waals surface area contributed by atoms with Gasteiger partial charge in [0.1, 0.15) is 5.82 Å². The maximum Gasteiger partial charge on any atom is 0.251 e. The molecule has 1 aromatic rings. The average molecular weight is 247 g/mol. The molecule has 0 bridgehead atoms. The van der Waals surface area contributed by atoms with Crippen LogP contribution < -0.4 is 10.6 Å². The van der Waals surface area contributed by atoms with Gasteiger partial charge in [0.25, 0.3) is 5.91 Å². The minimum Gasteiger partial charge on any atom is -0.370 e. The zero-order valence-electron chi connectivity index (χ0n) is 11.3. The van der Waals surface area contributed by atoms with Gasteiger partial charge in [0.2, 0.25) is 0 Å². The predicted octanol–water partition coefficient (Wildman–Crippen LogP) is 2.43. The molecule has 0 radical (unpaired) electrons. The normalized spacial score (nSPS) is 15.3. The molecule has 1 saturated carbocycles. The Kier molecular flexibility index (Phi) is 3.55. The minimum atomic E-state index is -0.112. The molecule has 0 spiro atoms. The lowest BCUT2D eigenvalue weighted by Gasteiger charge is -2.26. The lowest BCUT2D eigenvalue weighted by atomic mass is 9.98. The minimum absolute atomic E-state index is 0.0200. The van der Waals surface area contributed by atoms with Crippen molar-refractivity contribution in [1.29, 1.82) is 0 Å². The molecule has 1 aromatic heterocycles. The summed E-state index contributed by atoms with van der Waals surface area (Å²) in [6, 6.07) is 3.54. The molecule has 1 aliphatic rings. The second-order valence-corrected chi connectivity index (χ2v) is 5.41. The lowest BCUT2D eigenvalue weighted by Crippen LogP contribution is -2.45. The summed E-state index contributed by atoms with van der Waals surface area (Å²) < 4.78 is 0. The third-order valence-corrected chi connectivity index (χ3v) is 3.41. The summed E-state index contributed by atoms with van der Waals surface area (Å²) in [5.74, 6) is 1.35. The maximum atomic E-state index is 12.2. The van der Waals surface area contributed by atoms with Gasteiger partial charge in [-0.2, -0.15) is 0 Å². The first-order valence-electron chi connectivity index (χ1n) is 6.55. The van der Waals surface area contributed by atoms with E-state index in [1.54, 1.807) is 18.3 Å². The molecule has 18 heavy (non-hydrogen) atoms. The number of nitrogens with zero attached hydrogens (tertiary/aromatic N) is 1. The summed E-state index contributed by atoms with van der Waals surface area (Å²) in [5.41, 5.74) is 0.549. The zero-order valence-corrected chi connectivity index (χ0v) is 11.3. The van der Waals surface area contributed by atoms with E-state index < -0.39 is 0 Å². The van der Waals surface area contributed by atoms with Crippen molar-refractivity contribution < 1.29 is 4.79 Å². The first-order chi connectivity index (χ1) is 8.53. The number of carbonyl (C=O) groups excluding carboxylic acids is 1. The Labute approximate surface area is 108 Å². The molecular formula is C14H21N3O. The van der Waals surface area contributed by atoms with E-state index >= 15 is 0 Å². The van der Waals surface area contributed by atoms with Crippen molar-refractivity contribution in [2.45, 2.75) is 39.2 Å². The van der Waals surface area contributed by atoms with Crippen molar-refractivity contribution in [3.63, 3.8) is 0 Å². The molecule has 1 aliphatic carbocycles. The third kappa shape index (κ3) is 3.00. The number of amides is 1. The van der Waals surface area contributed by atoms with Gasteiger partial charge in [-0.25, -0.2) is 4.98 Å². The van der Waals surface area contributed by atoms with Gasteiger partial charge in [-0.3, -0.25) is 4.79 Å². The van der Waals surface area contributed by atoms with Gasteiger partial charge in [0.05, 0.1) is 0 Å². The fourth-order valence-electron chi connectivity index (χ4n) is 2.12. The number of pyridine rings is 1. The SMILES string of the molecule is CCNc1cc(C(=O)NC(C)(C)C2CC2)ccn1. The third-order valence-electron chi connectivity index (χ3n) is 3.41. The van der Waals surface area contributed by atoms with Crippen molar-refractivity contribution in [3.8, 4) is 0 Å². The highest BCUT2D eigenvalue weighted by Gasteiger charge is 2.38. The van der Waals surface area contributed by atoms with Crippen LogP contribution >= 0.6 is 0 Å². The summed E-state index contributed by atoms with van der Waals surface area (Å²) in [6.07, 6.45) is 4.09. The van der Waals surface area contributed by atoms with Crippen LogP contribution in [0.4, 0.5) is 5.82 Å². The van der Waals surface area contributed by atoms with Gasteiger partial charge in [-0.15, -0.1) is 0 Å². The highest BCUT2D eigenvalue weighted by molar-refractivity contribution is 5.95. The van der Waals surface area contributed by atoms with Gasteiger partial charge in [0.15, 0.2) is 0 Å². The van der Waals surface area contributed by atoms with E-state index in [1.165, 1.54) is 12.8 Å². The van der Waals surface area contributed by atoms with E-state index in [9.17, 15) is 4.79 Å². The Bertz CT molecular complexity index is 438. The lowest BCUT2D eigenvalue weighted by molar-refractivity contribution is 0.0903. The Morgan fingerprint density at radius 3 is 2.83 bits per heavy atom. The van der Waals surface area contributed by atoms with Gasteiger partial charge < -0.3 is 10.6 Å². The quantitative estimate of drug-likeness (QED) is 0.840. The number of nitrogens with one attached hydrogen (secondary N) is 2. The first-order valence-corrected chi connectivity index (χ1v) is 6.55. The van der Waals surface area contributed by atoms with E-state index in [4.69, 9.17) is 0 Å². The second-order valence-electron chi connectivity index (χ2n) is 5.41. The smallest absolute Gasteiger partial charge is 0.251 e. The van der Waals surface area contributed by atoms with Crippen LogP contribution in [0.3, 0.4) is 0 Å². The van der Waals surface area contributed by atoms with E-state index in [0.717, 1.165) is 12.4 Å². The monoisotopic (exact) mass is 247 g/mol. The Balaban J connectivity index is 2.06. The molecule has 2 rings (SSSR count).